The zero-order valence-corrected chi connectivity index (χ0v) is 12.2. The molecule has 0 radical (unpaired) electrons. The van der Waals surface area contributed by atoms with Gasteiger partial charge in [0.2, 0.25) is 0 Å². The van der Waals surface area contributed by atoms with Crippen LogP contribution in [0.5, 0.6) is 0 Å². The molecule has 1 aromatic carbocycles. The van der Waals surface area contributed by atoms with Crippen LogP contribution < -0.4 is 10.6 Å². The Morgan fingerprint density at radius 2 is 2.10 bits per heavy atom. The number of likely N-dealkylation sites (N-methyl/N-ethyl adjacent to an activating group) is 1. The molecular weight excluding hydrogens is 263 g/mol. The van der Waals surface area contributed by atoms with Crippen molar-refractivity contribution in [3.05, 3.63) is 29.6 Å². The molecule has 0 aliphatic carbocycles. The maximum absolute atomic E-state index is 13.6. The second-order valence-electron chi connectivity index (χ2n) is 5.44. The molecule has 1 rings (SSSR count). The van der Waals surface area contributed by atoms with Crippen molar-refractivity contribution in [3.8, 4) is 0 Å². The van der Waals surface area contributed by atoms with E-state index in [1.807, 2.05) is 0 Å². The fourth-order valence-corrected chi connectivity index (χ4v) is 1.60. The number of rotatable bonds is 4. The highest BCUT2D eigenvalue weighted by Gasteiger charge is 2.18. The third-order valence-electron chi connectivity index (χ3n) is 2.40. The van der Waals surface area contributed by atoms with Crippen LogP contribution in [0.4, 0.5) is 14.9 Å². The molecule has 0 bridgehead atoms. The summed E-state index contributed by atoms with van der Waals surface area (Å²) in [5, 5.41) is 15.1. The number of nitrogens with one attached hydrogen (secondary N) is 2. The molecule has 1 amide bonds. The van der Waals surface area contributed by atoms with Crippen LogP contribution in [0.15, 0.2) is 18.2 Å². The molecule has 1 aromatic rings. The zero-order valence-electron chi connectivity index (χ0n) is 12.2. The van der Waals surface area contributed by atoms with Crippen molar-refractivity contribution in [3.63, 3.8) is 0 Å². The number of hydrogen-bond acceptors (Lipinski definition) is 4. The minimum Gasteiger partial charge on any atom is -0.444 e. The van der Waals surface area contributed by atoms with Crippen molar-refractivity contribution in [2.75, 3.05) is 18.9 Å². The molecular formula is C14H21FN2O3. The highest BCUT2D eigenvalue weighted by molar-refractivity contribution is 5.85. The first-order valence-electron chi connectivity index (χ1n) is 6.35. The van der Waals surface area contributed by atoms with Crippen LogP contribution in [0.25, 0.3) is 0 Å². The van der Waals surface area contributed by atoms with Gasteiger partial charge in [-0.2, -0.15) is 0 Å². The molecule has 1 unspecified atom stereocenters. The Balaban J connectivity index is 2.82. The van der Waals surface area contributed by atoms with Crippen molar-refractivity contribution in [2.24, 2.45) is 0 Å². The molecule has 0 aliphatic heterocycles. The zero-order chi connectivity index (χ0) is 15.3. The molecule has 0 aromatic heterocycles. The van der Waals surface area contributed by atoms with Crippen LogP contribution in [0, 0.1) is 5.82 Å². The molecule has 0 aliphatic rings. The van der Waals surface area contributed by atoms with Crippen LogP contribution in [-0.2, 0) is 4.74 Å². The maximum Gasteiger partial charge on any atom is 0.412 e. The average molecular weight is 284 g/mol. The SMILES string of the molecule is CNCC(O)c1cc(NC(=O)OC(C)(C)C)ccc1F. The largest absolute Gasteiger partial charge is 0.444 e. The normalized spacial score (nSPS) is 12.9. The van der Waals surface area contributed by atoms with Gasteiger partial charge in [0.1, 0.15) is 11.4 Å². The van der Waals surface area contributed by atoms with E-state index < -0.39 is 23.6 Å². The van der Waals surface area contributed by atoms with E-state index in [0.717, 1.165) is 0 Å². The minimum atomic E-state index is -0.986. The van der Waals surface area contributed by atoms with Gasteiger partial charge in [-0.25, -0.2) is 9.18 Å². The number of benzene rings is 1. The van der Waals surface area contributed by atoms with Gasteiger partial charge in [0.25, 0.3) is 0 Å². The minimum absolute atomic E-state index is 0.118. The van der Waals surface area contributed by atoms with E-state index in [2.05, 4.69) is 10.6 Å². The predicted molar refractivity (Wildman–Crippen MR) is 75.1 cm³/mol. The van der Waals surface area contributed by atoms with Gasteiger partial charge in [0, 0.05) is 17.8 Å². The summed E-state index contributed by atoms with van der Waals surface area (Å²) in [6.07, 6.45) is -1.61. The van der Waals surface area contributed by atoms with Gasteiger partial charge in [0.15, 0.2) is 0 Å². The summed E-state index contributed by atoms with van der Waals surface area (Å²) in [6, 6.07) is 4.00. The van der Waals surface area contributed by atoms with E-state index in [4.69, 9.17) is 4.74 Å². The highest BCUT2D eigenvalue weighted by Crippen LogP contribution is 2.21. The van der Waals surface area contributed by atoms with Crippen LogP contribution >= 0.6 is 0 Å². The first-order chi connectivity index (χ1) is 9.23. The number of aliphatic hydroxyl groups excluding tert-OH is 1. The Hall–Kier alpha value is -1.66. The molecule has 0 spiro atoms. The van der Waals surface area contributed by atoms with Gasteiger partial charge in [-0.05, 0) is 46.0 Å². The summed E-state index contributed by atoms with van der Waals surface area (Å²) < 4.78 is 18.7. The van der Waals surface area contributed by atoms with E-state index in [1.54, 1.807) is 27.8 Å². The smallest absolute Gasteiger partial charge is 0.412 e. The fraction of sp³-hybridized carbons (Fsp3) is 0.500. The molecule has 5 nitrogen and oxygen atoms in total. The van der Waals surface area contributed by atoms with Crippen molar-refractivity contribution >= 4 is 11.8 Å². The van der Waals surface area contributed by atoms with Gasteiger partial charge in [-0.1, -0.05) is 0 Å². The molecule has 6 heteroatoms. The summed E-state index contributed by atoms with van der Waals surface area (Å²) >= 11 is 0. The third-order valence-corrected chi connectivity index (χ3v) is 2.40. The van der Waals surface area contributed by atoms with E-state index in [1.165, 1.54) is 18.2 Å². The summed E-state index contributed by atoms with van der Waals surface area (Å²) in [7, 11) is 1.66. The second kappa shape index (κ2) is 6.67. The topological polar surface area (TPSA) is 70.6 Å². The second-order valence-corrected chi connectivity index (χ2v) is 5.44. The number of carbonyl (C=O) groups is 1. The lowest BCUT2D eigenvalue weighted by atomic mass is 10.1. The molecule has 1 atom stereocenters. The molecule has 0 saturated carbocycles. The van der Waals surface area contributed by atoms with Gasteiger partial charge < -0.3 is 15.2 Å². The Morgan fingerprint density at radius 1 is 1.45 bits per heavy atom. The van der Waals surface area contributed by atoms with Crippen LogP contribution in [0.2, 0.25) is 0 Å². The van der Waals surface area contributed by atoms with Crippen LogP contribution in [-0.4, -0.2) is 30.4 Å². The number of halogens is 1. The molecule has 0 heterocycles. The van der Waals surface area contributed by atoms with Gasteiger partial charge in [-0.15, -0.1) is 0 Å². The monoisotopic (exact) mass is 284 g/mol. The maximum atomic E-state index is 13.6. The van der Waals surface area contributed by atoms with E-state index in [0.29, 0.717) is 5.69 Å². The Bertz CT molecular complexity index is 472. The molecule has 3 N–H and O–H groups in total. The molecule has 0 saturated heterocycles. The number of carbonyl (C=O) groups excluding carboxylic acids is 1. The lowest BCUT2D eigenvalue weighted by Gasteiger charge is -2.20. The van der Waals surface area contributed by atoms with Crippen molar-refractivity contribution in [2.45, 2.75) is 32.5 Å². The number of aliphatic hydroxyl groups is 1. The number of hydrogen-bond donors (Lipinski definition) is 3. The number of anilines is 1. The quantitative estimate of drug-likeness (QED) is 0.794. The predicted octanol–water partition coefficient (Wildman–Crippen LogP) is 2.43. The highest BCUT2D eigenvalue weighted by atomic mass is 19.1. The Kier molecular flexibility index (Phi) is 5.47. The average Bonchev–Trinajstić information content (AvgIpc) is 2.29. The lowest BCUT2D eigenvalue weighted by molar-refractivity contribution is 0.0635. The van der Waals surface area contributed by atoms with Crippen molar-refractivity contribution in [1.29, 1.82) is 0 Å². The summed E-state index contributed by atoms with van der Waals surface area (Å²) in [4.78, 5) is 11.6. The van der Waals surface area contributed by atoms with Gasteiger partial charge in [-0.3, -0.25) is 5.32 Å². The number of ether oxygens (including phenoxy) is 1. The van der Waals surface area contributed by atoms with Crippen LogP contribution in [0.1, 0.15) is 32.4 Å². The lowest BCUT2D eigenvalue weighted by Crippen LogP contribution is -2.27. The Morgan fingerprint density at radius 3 is 2.65 bits per heavy atom. The van der Waals surface area contributed by atoms with Crippen molar-refractivity contribution < 1.29 is 19.0 Å². The Labute approximate surface area is 118 Å². The van der Waals surface area contributed by atoms with Gasteiger partial charge in [0.05, 0.1) is 6.10 Å². The van der Waals surface area contributed by atoms with Crippen molar-refractivity contribution in [1.82, 2.24) is 5.32 Å². The third kappa shape index (κ3) is 5.14. The van der Waals surface area contributed by atoms with Crippen LogP contribution in [0.3, 0.4) is 0 Å². The first kappa shape index (κ1) is 16.4. The molecule has 20 heavy (non-hydrogen) atoms. The fourth-order valence-electron chi connectivity index (χ4n) is 1.60. The summed E-state index contributed by atoms with van der Waals surface area (Å²) in [5.74, 6) is -0.525. The standard InChI is InChI=1S/C14H21FN2O3/c1-14(2,3)20-13(19)17-9-5-6-11(15)10(7-9)12(18)8-16-4/h5-7,12,16,18H,8H2,1-4H3,(H,17,19). The number of amides is 1. The van der Waals surface area contributed by atoms with E-state index >= 15 is 0 Å². The summed E-state index contributed by atoms with van der Waals surface area (Å²) in [5.41, 5.74) is -0.128. The van der Waals surface area contributed by atoms with Gasteiger partial charge >= 0.3 is 6.09 Å². The van der Waals surface area contributed by atoms with E-state index in [9.17, 15) is 14.3 Å². The van der Waals surface area contributed by atoms with E-state index in [-0.39, 0.29) is 12.1 Å². The first-order valence-corrected chi connectivity index (χ1v) is 6.35. The molecule has 112 valence electrons. The molecule has 0 fully saturated rings. The summed E-state index contributed by atoms with van der Waals surface area (Å²) in [6.45, 7) is 5.46.